The van der Waals surface area contributed by atoms with Crippen LogP contribution < -0.4 is 5.32 Å². The van der Waals surface area contributed by atoms with Crippen molar-refractivity contribution in [3.8, 4) is 0 Å². The normalized spacial score (nSPS) is 23.5. The Kier molecular flexibility index (Phi) is 5.34. The molecular weight excluding hydrogens is 241 g/mol. The summed E-state index contributed by atoms with van der Waals surface area (Å²) >= 11 is 0. The fourth-order valence-corrected chi connectivity index (χ4v) is 2.82. The highest BCUT2D eigenvalue weighted by Crippen LogP contribution is 2.35. The highest BCUT2D eigenvalue weighted by atomic mass is 19.1. The van der Waals surface area contributed by atoms with E-state index >= 15 is 0 Å². The maximum atomic E-state index is 13.2. The van der Waals surface area contributed by atoms with Gasteiger partial charge in [0, 0.05) is 19.1 Å². The van der Waals surface area contributed by atoms with Crippen molar-refractivity contribution in [2.75, 3.05) is 19.7 Å². The quantitative estimate of drug-likeness (QED) is 0.821. The smallest absolute Gasteiger partial charge is 0.123 e. The highest BCUT2D eigenvalue weighted by molar-refractivity contribution is 5.29. The van der Waals surface area contributed by atoms with Crippen LogP contribution in [0.3, 0.4) is 0 Å². The van der Waals surface area contributed by atoms with E-state index in [9.17, 15) is 4.39 Å². The van der Waals surface area contributed by atoms with Crippen LogP contribution in [0.1, 0.15) is 43.4 Å². The molecule has 2 rings (SSSR count). The zero-order valence-electron chi connectivity index (χ0n) is 11.9. The summed E-state index contributed by atoms with van der Waals surface area (Å²) in [6.45, 7) is 6.98. The molecule has 1 aliphatic heterocycles. The third kappa shape index (κ3) is 3.77. The molecule has 0 aliphatic carbocycles. The SMILES string of the molecule is CCCNCC1CCCOC1c1ccc(F)cc1C. The summed E-state index contributed by atoms with van der Waals surface area (Å²) < 4.78 is 19.2. The molecular formula is C16H24FNO. The van der Waals surface area contributed by atoms with E-state index in [0.29, 0.717) is 5.92 Å². The number of hydrogen-bond acceptors (Lipinski definition) is 2. The molecule has 106 valence electrons. The molecule has 0 radical (unpaired) electrons. The van der Waals surface area contributed by atoms with Crippen LogP contribution in [0, 0.1) is 18.7 Å². The lowest BCUT2D eigenvalue weighted by Crippen LogP contribution is -2.32. The van der Waals surface area contributed by atoms with Gasteiger partial charge in [-0.2, -0.15) is 0 Å². The Morgan fingerprint density at radius 3 is 3.00 bits per heavy atom. The molecule has 0 bridgehead atoms. The molecule has 0 amide bonds. The van der Waals surface area contributed by atoms with Crippen molar-refractivity contribution < 1.29 is 9.13 Å². The van der Waals surface area contributed by atoms with Gasteiger partial charge in [0.05, 0.1) is 6.10 Å². The summed E-state index contributed by atoms with van der Waals surface area (Å²) in [6.07, 6.45) is 3.56. The molecule has 0 saturated carbocycles. The fourth-order valence-electron chi connectivity index (χ4n) is 2.82. The Bertz CT molecular complexity index is 408. The van der Waals surface area contributed by atoms with E-state index < -0.39 is 0 Å². The number of nitrogens with one attached hydrogen (secondary N) is 1. The van der Waals surface area contributed by atoms with Crippen LogP contribution in [0.15, 0.2) is 18.2 Å². The molecule has 1 aliphatic rings. The van der Waals surface area contributed by atoms with Crippen LogP contribution in [0.5, 0.6) is 0 Å². The minimum Gasteiger partial charge on any atom is -0.373 e. The molecule has 2 nitrogen and oxygen atoms in total. The third-order valence-electron chi connectivity index (χ3n) is 3.82. The fraction of sp³-hybridized carbons (Fsp3) is 0.625. The van der Waals surface area contributed by atoms with Crippen molar-refractivity contribution in [1.82, 2.24) is 5.32 Å². The van der Waals surface area contributed by atoms with Crippen molar-refractivity contribution in [2.24, 2.45) is 5.92 Å². The molecule has 2 atom stereocenters. The van der Waals surface area contributed by atoms with Crippen LogP contribution >= 0.6 is 0 Å². The molecule has 1 saturated heterocycles. The average Bonchev–Trinajstić information content (AvgIpc) is 2.40. The van der Waals surface area contributed by atoms with Gasteiger partial charge in [-0.3, -0.25) is 0 Å². The Morgan fingerprint density at radius 1 is 1.42 bits per heavy atom. The second-order valence-corrected chi connectivity index (χ2v) is 5.40. The monoisotopic (exact) mass is 265 g/mol. The van der Waals surface area contributed by atoms with Gasteiger partial charge in [-0.15, -0.1) is 0 Å². The summed E-state index contributed by atoms with van der Waals surface area (Å²) in [5, 5.41) is 3.48. The number of aryl methyl sites for hydroxylation is 1. The topological polar surface area (TPSA) is 21.3 Å². The van der Waals surface area contributed by atoms with E-state index in [-0.39, 0.29) is 11.9 Å². The lowest BCUT2D eigenvalue weighted by Gasteiger charge is -2.33. The third-order valence-corrected chi connectivity index (χ3v) is 3.82. The number of halogens is 1. The molecule has 0 spiro atoms. The standard InChI is InChI=1S/C16H24FNO/c1-3-8-18-11-13-5-4-9-19-16(13)15-7-6-14(17)10-12(15)2/h6-7,10,13,16,18H,3-5,8-9,11H2,1-2H3. The van der Waals surface area contributed by atoms with Crippen molar-refractivity contribution in [3.63, 3.8) is 0 Å². The van der Waals surface area contributed by atoms with Crippen LogP contribution in [0.4, 0.5) is 4.39 Å². The molecule has 1 aromatic carbocycles. The van der Waals surface area contributed by atoms with Crippen molar-refractivity contribution in [2.45, 2.75) is 39.2 Å². The van der Waals surface area contributed by atoms with Gasteiger partial charge in [-0.05, 0) is 56.0 Å². The number of rotatable bonds is 5. The minimum atomic E-state index is -0.169. The second kappa shape index (κ2) is 7.01. The van der Waals surface area contributed by atoms with Crippen LogP contribution in [0.2, 0.25) is 0 Å². The molecule has 0 aromatic heterocycles. The van der Waals surface area contributed by atoms with Gasteiger partial charge >= 0.3 is 0 Å². The maximum absolute atomic E-state index is 13.2. The second-order valence-electron chi connectivity index (χ2n) is 5.40. The number of benzene rings is 1. The van der Waals surface area contributed by atoms with E-state index in [1.165, 1.54) is 12.5 Å². The number of ether oxygens (including phenoxy) is 1. The van der Waals surface area contributed by atoms with Gasteiger partial charge in [0.2, 0.25) is 0 Å². The molecule has 1 heterocycles. The molecule has 3 heteroatoms. The first-order valence-electron chi connectivity index (χ1n) is 7.30. The first-order valence-corrected chi connectivity index (χ1v) is 7.30. The van der Waals surface area contributed by atoms with Gasteiger partial charge in [0.15, 0.2) is 0 Å². The summed E-state index contributed by atoms with van der Waals surface area (Å²) in [5.74, 6) is 0.321. The van der Waals surface area contributed by atoms with E-state index in [1.807, 2.05) is 13.0 Å². The van der Waals surface area contributed by atoms with Crippen molar-refractivity contribution >= 4 is 0 Å². The molecule has 1 fully saturated rings. The van der Waals surface area contributed by atoms with Crippen LogP contribution in [-0.2, 0) is 4.74 Å². The van der Waals surface area contributed by atoms with E-state index in [2.05, 4.69) is 12.2 Å². The summed E-state index contributed by atoms with van der Waals surface area (Å²) in [7, 11) is 0. The highest BCUT2D eigenvalue weighted by Gasteiger charge is 2.28. The average molecular weight is 265 g/mol. The Hall–Kier alpha value is -0.930. The van der Waals surface area contributed by atoms with Crippen LogP contribution in [-0.4, -0.2) is 19.7 Å². The first-order chi connectivity index (χ1) is 9.22. The maximum Gasteiger partial charge on any atom is 0.123 e. The predicted molar refractivity (Wildman–Crippen MR) is 75.7 cm³/mol. The number of hydrogen-bond donors (Lipinski definition) is 1. The zero-order valence-corrected chi connectivity index (χ0v) is 11.9. The van der Waals surface area contributed by atoms with Gasteiger partial charge in [-0.25, -0.2) is 4.39 Å². The van der Waals surface area contributed by atoms with E-state index in [0.717, 1.165) is 43.7 Å². The Balaban J connectivity index is 2.09. The van der Waals surface area contributed by atoms with Crippen molar-refractivity contribution in [1.29, 1.82) is 0 Å². The van der Waals surface area contributed by atoms with Crippen molar-refractivity contribution in [3.05, 3.63) is 35.1 Å². The minimum absolute atomic E-state index is 0.110. The first kappa shape index (κ1) is 14.5. The van der Waals surface area contributed by atoms with Crippen LogP contribution in [0.25, 0.3) is 0 Å². The molecule has 19 heavy (non-hydrogen) atoms. The van der Waals surface area contributed by atoms with Gasteiger partial charge in [0.25, 0.3) is 0 Å². The summed E-state index contributed by atoms with van der Waals surface area (Å²) in [5.41, 5.74) is 2.14. The summed E-state index contributed by atoms with van der Waals surface area (Å²) in [4.78, 5) is 0. The van der Waals surface area contributed by atoms with Gasteiger partial charge in [-0.1, -0.05) is 13.0 Å². The molecule has 2 unspecified atom stereocenters. The summed E-state index contributed by atoms with van der Waals surface area (Å²) in [6, 6.07) is 5.02. The Morgan fingerprint density at radius 2 is 2.26 bits per heavy atom. The zero-order chi connectivity index (χ0) is 13.7. The van der Waals surface area contributed by atoms with E-state index in [4.69, 9.17) is 4.74 Å². The predicted octanol–water partition coefficient (Wildman–Crippen LogP) is 3.60. The molecule has 1 N–H and O–H groups in total. The van der Waals surface area contributed by atoms with Gasteiger partial charge < -0.3 is 10.1 Å². The molecule has 1 aromatic rings. The lowest BCUT2D eigenvalue weighted by molar-refractivity contribution is -0.0280. The van der Waals surface area contributed by atoms with E-state index in [1.54, 1.807) is 6.07 Å². The van der Waals surface area contributed by atoms with Gasteiger partial charge in [0.1, 0.15) is 5.82 Å². The Labute approximate surface area is 115 Å². The largest absolute Gasteiger partial charge is 0.373 e. The lowest BCUT2D eigenvalue weighted by atomic mass is 9.87.